The van der Waals surface area contributed by atoms with Gasteiger partial charge in [-0.25, -0.2) is 19.6 Å². The first-order chi connectivity index (χ1) is 7.56. The minimum Gasteiger partial charge on any atom is -0.464 e. The molecule has 1 heterocycles. The Balaban J connectivity index is 2.95. The molecule has 1 aromatic rings. The lowest BCUT2D eigenvalue weighted by atomic mass is 10.4. The zero-order valence-electron chi connectivity index (χ0n) is 9.22. The van der Waals surface area contributed by atoms with Gasteiger partial charge in [-0.2, -0.15) is 0 Å². The van der Waals surface area contributed by atoms with Crippen molar-refractivity contribution >= 4 is 17.8 Å². The molecule has 7 nitrogen and oxygen atoms in total. The standard InChI is InChI=1S/C9H12N4O3/c1-13(2)9(15)12-7-6(8(14)16-3)10-4-5-11-7/h4-5H,1-3H3,(H,11,12,15). The molecule has 0 aromatic carbocycles. The van der Waals surface area contributed by atoms with Crippen LogP contribution in [0.25, 0.3) is 0 Å². The summed E-state index contributed by atoms with van der Waals surface area (Å²) >= 11 is 0. The van der Waals surface area contributed by atoms with Crippen LogP contribution in [0, 0.1) is 0 Å². The molecular formula is C9H12N4O3. The highest BCUT2D eigenvalue weighted by atomic mass is 16.5. The lowest BCUT2D eigenvalue weighted by Crippen LogP contribution is -2.29. The molecule has 0 bridgehead atoms. The van der Waals surface area contributed by atoms with Crippen LogP contribution < -0.4 is 5.32 Å². The van der Waals surface area contributed by atoms with Crippen molar-refractivity contribution in [2.75, 3.05) is 26.5 Å². The predicted octanol–water partition coefficient (Wildman–Crippen LogP) is 0.357. The van der Waals surface area contributed by atoms with Gasteiger partial charge in [0.05, 0.1) is 7.11 Å². The molecule has 1 aromatic heterocycles. The fourth-order valence-corrected chi connectivity index (χ4v) is 0.889. The van der Waals surface area contributed by atoms with Gasteiger partial charge in [-0.15, -0.1) is 0 Å². The van der Waals surface area contributed by atoms with Crippen molar-refractivity contribution in [3.63, 3.8) is 0 Å². The molecule has 16 heavy (non-hydrogen) atoms. The molecular weight excluding hydrogens is 212 g/mol. The number of ether oxygens (including phenoxy) is 1. The largest absolute Gasteiger partial charge is 0.464 e. The first-order valence-corrected chi connectivity index (χ1v) is 4.44. The Kier molecular flexibility index (Phi) is 3.76. The summed E-state index contributed by atoms with van der Waals surface area (Å²) in [6.45, 7) is 0. The van der Waals surface area contributed by atoms with Crippen LogP contribution in [0.5, 0.6) is 0 Å². The van der Waals surface area contributed by atoms with Crippen molar-refractivity contribution in [2.45, 2.75) is 0 Å². The van der Waals surface area contributed by atoms with E-state index in [-0.39, 0.29) is 11.5 Å². The third-order valence-electron chi connectivity index (χ3n) is 1.71. The smallest absolute Gasteiger partial charge is 0.360 e. The van der Waals surface area contributed by atoms with Gasteiger partial charge in [0.15, 0.2) is 11.5 Å². The monoisotopic (exact) mass is 224 g/mol. The summed E-state index contributed by atoms with van der Waals surface area (Å²) in [6.07, 6.45) is 2.72. The number of nitrogens with zero attached hydrogens (tertiary/aromatic N) is 3. The molecule has 0 spiro atoms. The number of urea groups is 1. The molecule has 1 N–H and O–H groups in total. The molecule has 7 heteroatoms. The highest BCUT2D eigenvalue weighted by molar-refractivity contribution is 5.97. The Labute approximate surface area is 92.4 Å². The van der Waals surface area contributed by atoms with E-state index in [4.69, 9.17) is 0 Å². The van der Waals surface area contributed by atoms with Crippen LogP contribution in [0.4, 0.5) is 10.6 Å². The van der Waals surface area contributed by atoms with Crippen LogP contribution in [-0.2, 0) is 4.74 Å². The molecule has 2 amide bonds. The Hall–Kier alpha value is -2.18. The van der Waals surface area contributed by atoms with Crippen LogP contribution in [0.1, 0.15) is 10.5 Å². The normalized spacial score (nSPS) is 9.44. The van der Waals surface area contributed by atoms with Gasteiger partial charge in [-0.3, -0.25) is 5.32 Å². The number of anilines is 1. The van der Waals surface area contributed by atoms with E-state index in [1.165, 1.54) is 24.4 Å². The maximum Gasteiger partial charge on any atom is 0.360 e. The lowest BCUT2D eigenvalue weighted by molar-refractivity contribution is 0.0595. The number of nitrogens with one attached hydrogen (secondary N) is 1. The summed E-state index contributed by atoms with van der Waals surface area (Å²) in [5, 5.41) is 2.44. The number of carbonyl (C=O) groups excluding carboxylic acids is 2. The van der Waals surface area contributed by atoms with E-state index < -0.39 is 12.0 Å². The molecule has 0 atom stereocenters. The summed E-state index contributed by atoms with van der Waals surface area (Å²) in [6, 6.07) is -0.398. The van der Waals surface area contributed by atoms with Crippen molar-refractivity contribution < 1.29 is 14.3 Å². The van der Waals surface area contributed by atoms with E-state index >= 15 is 0 Å². The van der Waals surface area contributed by atoms with E-state index in [2.05, 4.69) is 20.0 Å². The van der Waals surface area contributed by atoms with Crippen LogP contribution in [0.3, 0.4) is 0 Å². The summed E-state index contributed by atoms with van der Waals surface area (Å²) in [5.74, 6) is -0.574. The summed E-state index contributed by atoms with van der Waals surface area (Å²) in [5.41, 5.74) is -0.0276. The molecule has 0 saturated carbocycles. The number of methoxy groups -OCH3 is 1. The summed E-state index contributed by atoms with van der Waals surface area (Å²) in [7, 11) is 4.38. The highest BCUT2D eigenvalue weighted by Crippen LogP contribution is 2.09. The van der Waals surface area contributed by atoms with Crippen LogP contribution in [-0.4, -0.2) is 48.1 Å². The molecule has 0 aliphatic rings. The molecule has 0 saturated heterocycles. The van der Waals surface area contributed by atoms with Crippen molar-refractivity contribution in [2.24, 2.45) is 0 Å². The van der Waals surface area contributed by atoms with Gasteiger partial charge >= 0.3 is 12.0 Å². The van der Waals surface area contributed by atoms with Crippen molar-refractivity contribution in [1.29, 1.82) is 0 Å². The number of amides is 2. The van der Waals surface area contributed by atoms with E-state index in [1.807, 2.05) is 0 Å². The van der Waals surface area contributed by atoms with Crippen molar-refractivity contribution in [3.05, 3.63) is 18.1 Å². The van der Waals surface area contributed by atoms with Crippen LogP contribution >= 0.6 is 0 Å². The fourth-order valence-electron chi connectivity index (χ4n) is 0.889. The summed E-state index contributed by atoms with van der Waals surface area (Å²) in [4.78, 5) is 31.6. The quantitative estimate of drug-likeness (QED) is 0.733. The van der Waals surface area contributed by atoms with E-state index in [0.29, 0.717) is 0 Å². The first kappa shape index (κ1) is 11.9. The molecule has 1 rings (SSSR count). The van der Waals surface area contributed by atoms with Crippen molar-refractivity contribution in [3.8, 4) is 0 Å². The van der Waals surface area contributed by atoms with Gasteiger partial charge in [-0.1, -0.05) is 0 Å². The van der Waals surface area contributed by atoms with E-state index in [0.717, 1.165) is 0 Å². The average Bonchev–Trinajstić information content (AvgIpc) is 2.28. The van der Waals surface area contributed by atoms with Gasteiger partial charge in [0.1, 0.15) is 0 Å². The third-order valence-corrected chi connectivity index (χ3v) is 1.71. The van der Waals surface area contributed by atoms with Crippen molar-refractivity contribution in [1.82, 2.24) is 14.9 Å². The molecule has 0 fully saturated rings. The third kappa shape index (κ3) is 2.66. The second-order valence-corrected chi connectivity index (χ2v) is 3.07. The highest BCUT2D eigenvalue weighted by Gasteiger charge is 2.16. The number of esters is 1. The maximum atomic E-state index is 11.4. The zero-order valence-corrected chi connectivity index (χ0v) is 9.22. The minimum atomic E-state index is -0.651. The first-order valence-electron chi connectivity index (χ1n) is 4.44. The number of carbonyl (C=O) groups is 2. The Bertz CT molecular complexity index is 405. The van der Waals surface area contributed by atoms with Gasteiger partial charge in [0.25, 0.3) is 0 Å². The van der Waals surface area contributed by atoms with Gasteiger partial charge in [0, 0.05) is 26.5 Å². The zero-order chi connectivity index (χ0) is 12.1. The molecule has 0 aliphatic heterocycles. The van der Waals surface area contributed by atoms with Gasteiger partial charge in [0.2, 0.25) is 0 Å². The second-order valence-electron chi connectivity index (χ2n) is 3.07. The summed E-state index contributed by atoms with van der Waals surface area (Å²) < 4.78 is 4.51. The van der Waals surface area contributed by atoms with Gasteiger partial charge < -0.3 is 9.64 Å². The average molecular weight is 224 g/mol. The number of hydrogen-bond donors (Lipinski definition) is 1. The Morgan fingerprint density at radius 2 is 1.94 bits per heavy atom. The molecule has 0 unspecified atom stereocenters. The number of hydrogen-bond acceptors (Lipinski definition) is 5. The Morgan fingerprint density at radius 1 is 1.31 bits per heavy atom. The number of aromatic nitrogens is 2. The number of rotatable bonds is 2. The Morgan fingerprint density at radius 3 is 2.50 bits per heavy atom. The topological polar surface area (TPSA) is 84.4 Å². The molecule has 0 aliphatic carbocycles. The molecule has 0 radical (unpaired) electrons. The maximum absolute atomic E-state index is 11.4. The van der Waals surface area contributed by atoms with E-state index in [1.54, 1.807) is 14.1 Å². The minimum absolute atomic E-state index is 0.0276. The van der Waals surface area contributed by atoms with Crippen LogP contribution in [0.15, 0.2) is 12.4 Å². The fraction of sp³-hybridized carbons (Fsp3) is 0.333. The van der Waals surface area contributed by atoms with Crippen LogP contribution in [0.2, 0.25) is 0 Å². The predicted molar refractivity (Wildman–Crippen MR) is 56.1 cm³/mol. The SMILES string of the molecule is COC(=O)c1nccnc1NC(=O)N(C)C. The second kappa shape index (κ2) is 5.06. The van der Waals surface area contributed by atoms with E-state index in [9.17, 15) is 9.59 Å². The van der Waals surface area contributed by atoms with Gasteiger partial charge in [-0.05, 0) is 0 Å². The lowest BCUT2D eigenvalue weighted by Gasteiger charge is -2.12. The molecule has 86 valence electrons.